The normalized spacial score (nSPS) is 22.1. The number of sulfonamides is 1. The van der Waals surface area contributed by atoms with Crippen LogP contribution in [0.5, 0.6) is 0 Å². The molecule has 0 aliphatic carbocycles. The zero-order chi connectivity index (χ0) is 20.3. The Morgan fingerprint density at radius 1 is 1.04 bits per heavy atom. The molecule has 1 aromatic rings. The molecular formula is C19H25FN2O5S. The number of piperidine rings is 2. The summed E-state index contributed by atoms with van der Waals surface area (Å²) in [5.41, 5.74) is 0. The average Bonchev–Trinajstić information content (AvgIpc) is 2.73. The number of likely N-dealkylation sites (tertiary alicyclic amines) is 1. The Bertz CT molecular complexity index is 819. The molecule has 2 aliphatic heterocycles. The molecule has 0 N–H and O–H groups in total. The molecule has 1 aromatic carbocycles. The molecule has 0 spiro atoms. The van der Waals surface area contributed by atoms with Crippen LogP contribution in [-0.4, -0.2) is 62.8 Å². The highest BCUT2D eigenvalue weighted by molar-refractivity contribution is 7.89. The predicted octanol–water partition coefficient (Wildman–Crippen LogP) is 1.64. The third-order valence-corrected chi connectivity index (χ3v) is 7.41. The lowest BCUT2D eigenvalue weighted by Gasteiger charge is -2.37. The van der Waals surface area contributed by atoms with Gasteiger partial charge >= 0.3 is 5.97 Å². The van der Waals surface area contributed by atoms with Crippen LogP contribution in [0.15, 0.2) is 29.2 Å². The number of methoxy groups -OCH3 is 1. The Morgan fingerprint density at radius 2 is 1.68 bits per heavy atom. The molecule has 2 heterocycles. The van der Waals surface area contributed by atoms with Gasteiger partial charge in [0.25, 0.3) is 0 Å². The maximum absolute atomic E-state index is 13.1. The second-order valence-electron chi connectivity index (χ2n) is 7.28. The Hall–Kier alpha value is -2.00. The summed E-state index contributed by atoms with van der Waals surface area (Å²) in [6.07, 6.45) is 2.34. The molecule has 28 heavy (non-hydrogen) atoms. The SMILES string of the molecule is COC(=O)C1CCN(C(=O)C2CCCN(S(=O)(=O)c3ccc(F)cc3)C2)CC1. The molecule has 2 aliphatic rings. The van der Waals surface area contributed by atoms with E-state index >= 15 is 0 Å². The van der Waals surface area contributed by atoms with Gasteiger partial charge in [-0.05, 0) is 49.9 Å². The minimum absolute atomic E-state index is 0.0286. The van der Waals surface area contributed by atoms with Gasteiger partial charge in [0.05, 0.1) is 23.8 Å². The van der Waals surface area contributed by atoms with Crippen LogP contribution in [0.2, 0.25) is 0 Å². The first kappa shape index (κ1) is 20.7. The van der Waals surface area contributed by atoms with Crippen molar-refractivity contribution in [3.05, 3.63) is 30.1 Å². The van der Waals surface area contributed by atoms with Crippen LogP contribution in [0.25, 0.3) is 0 Å². The molecule has 9 heteroatoms. The molecule has 2 saturated heterocycles. The lowest BCUT2D eigenvalue weighted by atomic mass is 9.93. The van der Waals surface area contributed by atoms with Crippen LogP contribution in [-0.2, 0) is 24.3 Å². The van der Waals surface area contributed by atoms with Gasteiger partial charge in [0, 0.05) is 26.2 Å². The number of carbonyl (C=O) groups excluding carboxylic acids is 2. The smallest absolute Gasteiger partial charge is 0.308 e. The maximum atomic E-state index is 13.1. The summed E-state index contributed by atoms with van der Waals surface area (Å²) in [5, 5.41) is 0. The number of esters is 1. The number of ether oxygens (including phenoxy) is 1. The van der Waals surface area contributed by atoms with Crippen molar-refractivity contribution in [3.63, 3.8) is 0 Å². The van der Waals surface area contributed by atoms with E-state index in [1.54, 1.807) is 4.90 Å². The topological polar surface area (TPSA) is 84.0 Å². The van der Waals surface area contributed by atoms with Crippen LogP contribution < -0.4 is 0 Å². The summed E-state index contributed by atoms with van der Waals surface area (Å²) in [7, 11) is -2.41. The lowest BCUT2D eigenvalue weighted by Crippen LogP contribution is -2.49. The summed E-state index contributed by atoms with van der Waals surface area (Å²) in [6, 6.07) is 4.72. The molecule has 2 fully saturated rings. The van der Waals surface area contributed by atoms with Crippen LogP contribution in [0, 0.1) is 17.7 Å². The monoisotopic (exact) mass is 412 g/mol. The van der Waals surface area contributed by atoms with E-state index in [-0.39, 0.29) is 29.2 Å². The highest BCUT2D eigenvalue weighted by atomic mass is 32.2. The van der Waals surface area contributed by atoms with Crippen molar-refractivity contribution in [3.8, 4) is 0 Å². The fraction of sp³-hybridized carbons (Fsp3) is 0.579. The molecule has 7 nitrogen and oxygen atoms in total. The van der Waals surface area contributed by atoms with Gasteiger partial charge in [-0.3, -0.25) is 9.59 Å². The van der Waals surface area contributed by atoms with Gasteiger partial charge in [-0.2, -0.15) is 4.31 Å². The first-order valence-electron chi connectivity index (χ1n) is 9.45. The molecule has 0 saturated carbocycles. The van der Waals surface area contributed by atoms with Crippen LogP contribution in [0.3, 0.4) is 0 Å². The number of carbonyl (C=O) groups is 2. The Labute approximate surface area is 164 Å². The number of hydrogen-bond donors (Lipinski definition) is 0. The third-order valence-electron chi connectivity index (χ3n) is 5.53. The van der Waals surface area contributed by atoms with Crippen LogP contribution in [0.4, 0.5) is 4.39 Å². The first-order chi connectivity index (χ1) is 13.3. The minimum Gasteiger partial charge on any atom is -0.469 e. The lowest BCUT2D eigenvalue weighted by molar-refractivity contribution is -0.149. The van der Waals surface area contributed by atoms with E-state index in [1.165, 1.54) is 23.5 Å². The van der Waals surface area contributed by atoms with Crippen molar-refractivity contribution in [1.82, 2.24) is 9.21 Å². The number of halogens is 1. The van der Waals surface area contributed by atoms with E-state index < -0.39 is 21.8 Å². The van der Waals surface area contributed by atoms with E-state index in [9.17, 15) is 22.4 Å². The third kappa shape index (κ3) is 4.35. The van der Waals surface area contributed by atoms with Crippen LogP contribution in [0.1, 0.15) is 25.7 Å². The van der Waals surface area contributed by atoms with Gasteiger partial charge in [-0.1, -0.05) is 0 Å². The first-order valence-corrected chi connectivity index (χ1v) is 10.9. The van der Waals surface area contributed by atoms with Gasteiger partial charge in [0.2, 0.25) is 15.9 Å². The standard InChI is InChI=1S/C19H25FN2O5S/c1-27-19(24)14-8-11-21(12-9-14)18(23)15-3-2-10-22(13-15)28(25,26)17-6-4-16(20)5-7-17/h4-7,14-15H,2-3,8-13H2,1H3. The number of nitrogens with zero attached hydrogens (tertiary/aromatic N) is 2. The summed E-state index contributed by atoms with van der Waals surface area (Å²) in [5.74, 6) is -1.40. The molecule has 3 rings (SSSR count). The quantitative estimate of drug-likeness (QED) is 0.702. The van der Waals surface area contributed by atoms with E-state index in [1.807, 2.05) is 0 Å². The Kier molecular flexibility index (Phi) is 6.34. The van der Waals surface area contributed by atoms with Crippen molar-refractivity contribution in [2.75, 3.05) is 33.3 Å². The highest BCUT2D eigenvalue weighted by Gasteiger charge is 2.36. The minimum atomic E-state index is -3.76. The summed E-state index contributed by atoms with van der Waals surface area (Å²) < 4.78 is 44.8. The van der Waals surface area contributed by atoms with Crippen molar-refractivity contribution in [2.24, 2.45) is 11.8 Å². The molecule has 154 valence electrons. The number of rotatable bonds is 4. The van der Waals surface area contributed by atoms with Gasteiger partial charge in [-0.25, -0.2) is 12.8 Å². The summed E-state index contributed by atoms with van der Waals surface area (Å²) in [4.78, 5) is 26.3. The molecule has 1 unspecified atom stereocenters. The van der Waals surface area contributed by atoms with E-state index in [4.69, 9.17) is 4.74 Å². The van der Waals surface area contributed by atoms with Gasteiger partial charge in [-0.15, -0.1) is 0 Å². The second kappa shape index (κ2) is 8.57. The molecule has 0 bridgehead atoms. The van der Waals surface area contributed by atoms with Gasteiger partial charge in [0.15, 0.2) is 0 Å². The number of amides is 1. The predicted molar refractivity (Wildman–Crippen MR) is 99.2 cm³/mol. The van der Waals surface area contributed by atoms with Crippen LogP contribution >= 0.6 is 0 Å². The molecule has 1 atom stereocenters. The molecular weight excluding hydrogens is 387 g/mol. The Balaban J connectivity index is 1.64. The zero-order valence-electron chi connectivity index (χ0n) is 15.8. The van der Waals surface area contributed by atoms with Crippen molar-refractivity contribution < 1.29 is 27.1 Å². The highest BCUT2D eigenvalue weighted by Crippen LogP contribution is 2.27. The van der Waals surface area contributed by atoms with Crippen molar-refractivity contribution in [1.29, 1.82) is 0 Å². The number of benzene rings is 1. The van der Waals surface area contributed by atoms with Gasteiger partial charge < -0.3 is 9.64 Å². The largest absolute Gasteiger partial charge is 0.469 e. The van der Waals surface area contributed by atoms with E-state index in [2.05, 4.69) is 0 Å². The fourth-order valence-electron chi connectivity index (χ4n) is 3.88. The van der Waals surface area contributed by atoms with Crippen molar-refractivity contribution >= 4 is 21.9 Å². The average molecular weight is 412 g/mol. The molecule has 0 radical (unpaired) electrons. The van der Waals surface area contributed by atoms with E-state index in [0.29, 0.717) is 45.3 Å². The Morgan fingerprint density at radius 3 is 2.29 bits per heavy atom. The summed E-state index contributed by atoms with van der Waals surface area (Å²) >= 11 is 0. The maximum Gasteiger partial charge on any atom is 0.308 e. The number of hydrogen-bond acceptors (Lipinski definition) is 5. The van der Waals surface area contributed by atoms with E-state index in [0.717, 1.165) is 12.1 Å². The second-order valence-corrected chi connectivity index (χ2v) is 9.22. The van der Waals surface area contributed by atoms with Gasteiger partial charge in [0.1, 0.15) is 5.82 Å². The zero-order valence-corrected chi connectivity index (χ0v) is 16.7. The fourth-order valence-corrected chi connectivity index (χ4v) is 5.40. The summed E-state index contributed by atoms with van der Waals surface area (Å²) in [6.45, 7) is 1.41. The van der Waals surface area contributed by atoms with Crippen molar-refractivity contribution in [2.45, 2.75) is 30.6 Å². The molecule has 0 aromatic heterocycles. The molecule has 1 amide bonds.